The maximum atomic E-state index is 12.4. The number of aryl methyl sites for hydroxylation is 1. The first-order valence-corrected chi connectivity index (χ1v) is 6.79. The van der Waals surface area contributed by atoms with Gasteiger partial charge in [-0.05, 0) is 43.3 Å². The van der Waals surface area contributed by atoms with Gasteiger partial charge in [-0.2, -0.15) is 0 Å². The first kappa shape index (κ1) is 13.5. The molecule has 0 saturated heterocycles. The quantitative estimate of drug-likeness (QED) is 0.782. The molecule has 0 atom stereocenters. The van der Waals surface area contributed by atoms with E-state index in [9.17, 15) is 4.79 Å². The van der Waals surface area contributed by atoms with E-state index in [4.69, 9.17) is 11.6 Å². The summed E-state index contributed by atoms with van der Waals surface area (Å²) in [5.74, 6) is -0.201. The molecule has 0 aliphatic carbocycles. The van der Waals surface area contributed by atoms with Gasteiger partial charge in [0.1, 0.15) is 0 Å². The van der Waals surface area contributed by atoms with E-state index in [2.05, 4.69) is 15.3 Å². The molecule has 104 valence electrons. The monoisotopic (exact) mass is 297 g/mol. The number of hydrogen-bond acceptors (Lipinski definition) is 3. The summed E-state index contributed by atoms with van der Waals surface area (Å²) in [7, 11) is 0. The SMILES string of the molecule is Cc1nc2ccc(Cl)cc2cc1C(=O)Nc1ccncc1. The number of carbonyl (C=O) groups excluding carboxylic acids is 1. The standard InChI is InChI=1S/C16H12ClN3O/c1-10-14(16(21)20-13-4-6-18-7-5-13)9-11-8-12(17)2-3-15(11)19-10/h2-9H,1H3,(H,18,20,21). The number of nitrogens with zero attached hydrogens (tertiary/aromatic N) is 2. The van der Waals surface area contributed by atoms with Crippen LogP contribution in [0.4, 0.5) is 5.69 Å². The van der Waals surface area contributed by atoms with E-state index >= 15 is 0 Å². The minimum atomic E-state index is -0.201. The van der Waals surface area contributed by atoms with Crippen LogP contribution in [-0.4, -0.2) is 15.9 Å². The minimum absolute atomic E-state index is 0.201. The number of fused-ring (bicyclic) bond motifs is 1. The topological polar surface area (TPSA) is 54.9 Å². The molecule has 3 rings (SSSR count). The molecule has 0 unspecified atom stereocenters. The van der Waals surface area contributed by atoms with Crippen molar-refractivity contribution >= 4 is 34.1 Å². The van der Waals surface area contributed by atoms with E-state index in [1.54, 1.807) is 42.7 Å². The summed E-state index contributed by atoms with van der Waals surface area (Å²) in [6.07, 6.45) is 3.25. The van der Waals surface area contributed by atoms with Crippen molar-refractivity contribution in [1.29, 1.82) is 0 Å². The number of pyridine rings is 2. The fourth-order valence-electron chi connectivity index (χ4n) is 2.11. The molecule has 0 spiro atoms. The highest BCUT2D eigenvalue weighted by Crippen LogP contribution is 2.21. The van der Waals surface area contributed by atoms with Crippen LogP contribution in [0.3, 0.4) is 0 Å². The van der Waals surface area contributed by atoms with E-state index in [0.717, 1.165) is 10.9 Å². The largest absolute Gasteiger partial charge is 0.322 e. The number of rotatable bonds is 2. The van der Waals surface area contributed by atoms with Gasteiger partial charge in [0.15, 0.2) is 0 Å². The molecule has 0 aliphatic rings. The summed E-state index contributed by atoms with van der Waals surface area (Å²) in [6.45, 7) is 1.81. The molecule has 1 amide bonds. The van der Waals surface area contributed by atoms with Crippen LogP contribution in [0.15, 0.2) is 48.8 Å². The second kappa shape index (κ2) is 5.50. The van der Waals surface area contributed by atoms with Gasteiger partial charge in [-0.15, -0.1) is 0 Å². The molecular weight excluding hydrogens is 286 g/mol. The van der Waals surface area contributed by atoms with Crippen LogP contribution in [0.25, 0.3) is 10.9 Å². The number of aromatic nitrogens is 2. The van der Waals surface area contributed by atoms with Crippen LogP contribution in [-0.2, 0) is 0 Å². The number of benzene rings is 1. The molecule has 2 heterocycles. The smallest absolute Gasteiger partial charge is 0.257 e. The predicted molar refractivity (Wildman–Crippen MR) is 83.7 cm³/mol. The second-order valence-electron chi connectivity index (χ2n) is 4.65. The van der Waals surface area contributed by atoms with Gasteiger partial charge in [-0.1, -0.05) is 11.6 Å². The van der Waals surface area contributed by atoms with Gasteiger partial charge in [0.2, 0.25) is 0 Å². The number of nitrogens with one attached hydrogen (secondary N) is 1. The molecule has 1 aromatic carbocycles. The fourth-order valence-corrected chi connectivity index (χ4v) is 2.29. The first-order valence-electron chi connectivity index (χ1n) is 6.42. The van der Waals surface area contributed by atoms with Gasteiger partial charge in [0.05, 0.1) is 16.8 Å². The third-order valence-corrected chi connectivity index (χ3v) is 3.39. The van der Waals surface area contributed by atoms with Crippen LogP contribution in [0, 0.1) is 6.92 Å². The van der Waals surface area contributed by atoms with E-state index in [0.29, 0.717) is 22.0 Å². The zero-order valence-electron chi connectivity index (χ0n) is 11.3. The predicted octanol–water partition coefficient (Wildman–Crippen LogP) is 3.84. The Balaban J connectivity index is 1.99. The van der Waals surface area contributed by atoms with E-state index < -0.39 is 0 Å². The summed E-state index contributed by atoms with van der Waals surface area (Å²) < 4.78 is 0. The van der Waals surface area contributed by atoms with E-state index in [1.807, 2.05) is 13.0 Å². The van der Waals surface area contributed by atoms with Crippen LogP contribution >= 0.6 is 11.6 Å². The lowest BCUT2D eigenvalue weighted by Crippen LogP contribution is -2.14. The number of hydrogen-bond donors (Lipinski definition) is 1. The molecule has 21 heavy (non-hydrogen) atoms. The fraction of sp³-hybridized carbons (Fsp3) is 0.0625. The van der Waals surface area contributed by atoms with E-state index in [-0.39, 0.29) is 5.91 Å². The van der Waals surface area contributed by atoms with Gasteiger partial charge >= 0.3 is 0 Å². The summed E-state index contributed by atoms with van der Waals surface area (Å²) in [5, 5.41) is 4.29. The lowest BCUT2D eigenvalue weighted by Gasteiger charge is -2.09. The summed E-state index contributed by atoms with van der Waals surface area (Å²) in [5.41, 5.74) is 2.72. The van der Waals surface area contributed by atoms with Crippen molar-refractivity contribution in [2.24, 2.45) is 0 Å². The van der Waals surface area contributed by atoms with Crippen LogP contribution in [0.2, 0.25) is 5.02 Å². The Hall–Kier alpha value is -2.46. The van der Waals surface area contributed by atoms with Gasteiger partial charge in [-0.25, -0.2) is 0 Å². The first-order chi connectivity index (χ1) is 10.1. The maximum Gasteiger partial charge on any atom is 0.257 e. The van der Waals surface area contributed by atoms with Crippen molar-refractivity contribution in [1.82, 2.24) is 9.97 Å². The molecule has 5 heteroatoms. The molecule has 1 N–H and O–H groups in total. The van der Waals surface area contributed by atoms with Crippen molar-refractivity contribution in [2.45, 2.75) is 6.92 Å². The van der Waals surface area contributed by atoms with Gasteiger partial charge in [0, 0.05) is 28.5 Å². The number of amides is 1. The number of anilines is 1. The molecule has 0 aliphatic heterocycles. The van der Waals surface area contributed by atoms with Crippen LogP contribution in [0.1, 0.15) is 16.1 Å². The zero-order chi connectivity index (χ0) is 14.8. The van der Waals surface area contributed by atoms with Gasteiger partial charge in [-0.3, -0.25) is 14.8 Å². The summed E-state index contributed by atoms with van der Waals surface area (Å²) >= 11 is 5.98. The number of halogens is 1. The maximum absolute atomic E-state index is 12.4. The molecule has 0 bridgehead atoms. The highest BCUT2D eigenvalue weighted by molar-refractivity contribution is 6.31. The molecule has 0 fully saturated rings. The Labute approximate surface area is 126 Å². The Morgan fingerprint density at radius 2 is 1.90 bits per heavy atom. The Morgan fingerprint density at radius 1 is 1.14 bits per heavy atom. The Bertz CT molecular complexity index is 818. The average molecular weight is 298 g/mol. The Morgan fingerprint density at radius 3 is 2.67 bits per heavy atom. The molecule has 0 saturated carbocycles. The zero-order valence-corrected chi connectivity index (χ0v) is 12.1. The lowest BCUT2D eigenvalue weighted by atomic mass is 10.1. The van der Waals surface area contributed by atoms with Crippen molar-refractivity contribution in [3.8, 4) is 0 Å². The van der Waals surface area contributed by atoms with Crippen molar-refractivity contribution in [2.75, 3.05) is 5.32 Å². The average Bonchev–Trinajstić information content (AvgIpc) is 2.48. The highest BCUT2D eigenvalue weighted by atomic mass is 35.5. The minimum Gasteiger partial charge on any atom is -0.322 e. The van der Waals surface area contributed by atoms with Gasteiger partial charge < -0.3 is 5.32 Å². The van der Waals surface area contributed by atoms with Crippen molar-refractivity contribution in [3.63, 3.8) is 0 Å². The van der Waals surface area contributed by atoms with Crippen LogP contribution in [0.5, 0.6) is 0 Å². The summed E-state index contributed by atoms with van der Waals surface area (Å²) in [6, 6.07) is 10.7. The molecule has 3 aromatic rings. The van der Waals surface area contributed by atoms with Crippen LogP contribution < -0.4 is 5.32 Å². The Kier molecular flexibility index (Phi) is 3.54. The molecule has 2 aromatic heterocycles. The molecule has 0 radical (unpaired) electrons. The molecule has 4 nitrogen and oxygen atoms in total. The number of carbonyl (C=O) groups is 1. The third-order valence-electron chi connectivity index (χ3n) is 3.15. The normalized spacial score (nSPS) is 10.6. The lowest BCUT2D eigenvalue weighted by molar-refractivity contribution is 0.102. The van der Waals surface area contributed by atoms with Gasteiger partial charge in [0.25, 0.3) is 5.91 Å². The van der Waals surface area contributed by atoms with Crippen molar-refractivity contribution in [3.05, 3.63) is 65.1 Å². The van der Waals surface area contributed by atoms with Crippen molar-refractivity contribution < 1.29 is 4.79 Å². The third kappa shape index (κ3) is 2.85. The highest BCUT2D eigenvalue weighted by Gasteiger charge is 2.12. The summed E-state index contributed by atoms with van der Waals surface area (Å²) in [4.78, 5) is 20.7. The van der Waals surface area contributed by atoms with E-state index in [1.165, 1.54) is 0 Å². The second-order valence-corrected chi connectivity index (χ2v) is 5.08. The molecular formula is C16H12ClN3O.